The highest BCUT2D eigenvalue weighted by Gasteiger charge is 2.07. The number of halogens is 2. The molecule has 7 nitrogen and oxygen atoms in total. The Hall–Kier alpha value is -3.36. The fraction of sp³-hybridized carbons (Fsp3) is 0.263. The lowest BCUT2D eigenvalue weighted by molar-refractivity contribution is -0.120. The van der Waals surface area contributed by atoms with Crippen LogP contribution in [0.25, 0.3) is 0 Å². The molecule has 0 atom stereocenters. The van der Waals surface area contributed by atoms with Gasteiger partial charge in [0, 0.05) is 11.3 Å². The maximum Gasteiger partial charge on any atom is 0.387 e. The van der Waals surface area contributed by atoms with Crippen molar-refractivity contribution in [2.75, 3.05) is 25.6 Å². The highest BCUT2D eigenvalue weighted by molar-refractivity contribution is 5.91. The lowest BCUT2D eigenvalue weighted by atomic mass is 10.2. The van der Waals surface area contributed by atoms with Gasteiger partial charge in [-0.05, 0) is 49.4 Å². The van der Waals surface area contributed by atoms with Crippen molar-refractivity contribution in [1.82, 2.24) is 0 Å². The molecular formula is C19H20F2N2O5. The fourth-order valence-corrected chi connectivity index (χ4v) is 2.15. The van der Waals surface area contributed by atoms with Crippen molar-refractivity contribution in [1.29, 1.82) is 0 Å². The number of methoxy groups -OCH3 is 1. The normalized spacial score (nSPS) is 10.8. The van der Waals surface area contributed by atoms with Gasteiger partial charge < -0.3 is 24.4 Å². The summed E-state index contributed by atoms with van der Waals surface area (Å²) in [6.07, 6.45) is 1.43. The summed E-state index contributed by atoms with van der Waals surface area (Å²) in [5, 5.41) is 6.28. The first-order valence-corrected chi connectivity index (χ1v) is 8.32. The van der Waals surface area contributed by atoms with Crippen molar-refractivity contribution < 1.29 is 32.6 Å². The van der Waals surface area contributed by atoms with E-state index in [9.17, 15) is 13.6 Å². The molecule has 0 saturated heterocycles. The van der Waals surface area contributed by atoms with Gasteiger partial charge in [0.05, 0.1) is 19.9 Å². The number of oxime groups is 1. The Morgan fingerprint density at radius 3 is 2.57 bits per heavy atom. The van der Waals surface area contributed by atoms with E-state index in [2.05, 4.69) is 15.2 Å². The van der Waals surface area contributed by atoms with Gasteiger partial charge in [-0.15, -0.1) is 0 Å². The number of nitrogens with one attached hydrogen (secondary N) is 1. The molecule has 0 aliphatic rings. The molecule has 1 amide bonds. The number of alkyl halides is 2. The van der Waals surface area contributed by atoms with Gasteiger partial charge in [-0.1, -0.05) is 5.16 Å². The number of nitrogens with zero attached hydrogens (tertiary/aromatic N) is 1. The minimum Gasteiger partial charge on any atom is -0.493 e. The molecule has 0 heterocycles. The number of amides is 1. The van der Waals surface area contributed by atoms with Gasteiger partial charge in [-0.2, -0.15) is 8.78 Å². The predicted molar refractivity (Wildman–Crippen MR) is 99.4 cm³/mol. The fourth-order valence-electron chi connectivity index (χ4n) is 2.15. The number of anilines is 1. The predicted octanol–water partition coefficient (Wildman–Crippen LogP) is 3.68. The van der Waals surface area contributed by atoms with Crippen molar-refractivity contribution in [3.8, 4) is 17.2 Å². The van der Waals surface area contributed by atoms with Crippen LogP contribution in [0.4, 0.5) is 14.5 Å². The van der Waals surface area contributed by atoms with Crippen LogP contribution < -0.4 is 19.5 Å². The third kappa shape index (κ3) is 6.75. The van der Waals surface area contributed by atoms with Crippen LogP contribution in [0.15, 0.2) is 47.6 Å². The van der Waals surface area contributed by atoms with Gasteiger partial charge in [0.25, 0.3) is 5.91 Å². The number of carbonyl (C=O) groups is 1. The van der Waals surface area contributed by atoms with Crippen LogP contribution in [0.5, 0.6) is 17.2 Å². The maximum absolute atomic E-state index is 12.1. The van der Waals surface area contributed by atoms with Gasteiger partial charge >= 0.3 is 6.61 Å². The topological polar surface area (TPSA) is 78.4 Å². The highest BCUT2D eigenvalue weighted by Crippen LogP contribution is 2.27. The second kappa shape index (κ2) is 10.7. The summed E-state index contributed by atoms with van der Waals surface area (Å²) >= 11 is 0. The first-order chi connectivity index (χ1) is 13.5. The van der Waals surface area contributed by atoms with Crippen LogP contribution in [0, 0.1) is 0 Å². The molecule has 0 saturated carbocycles. The molecule has 0 radical (unpaired) electrons. The molecule has 2 aromatic rings. The lowest BCUT2D eigenvalue weighted by Gasteiger charge is -2.09. The smallest absolute Gasteiger partial charge is 0.387 e. The van der Waals surface area contributed by atoms with Gasteiger partial charge in [0.1, 0.15) is 5.75 Å². The molecule has 0 aliphatic heterocycles. The van der Waals surface area contributed by atoms with Crippen LogP contribution in [0.3, 0.4) is 0 Å². The van der Waals surface area contributed by atoms with Crippen molar-refractivity contribution in [2.45, 2.75) is 13.5 Å². The van der Waals surface area contributed by atoms with Gasteiger partial charge in [0.2, 0.25) is 0 Å². The van der Waals surface area contributed by atoms with Crippen molar-refractivity contribution in [3.05, 3.63) is 48.0 Å². The summed E-state index contributed by atoms with van der Waals surface area (Å²) in [5.41, 5.74) is 1.12. The molecule has 28 heavy (non-hydrogen) atoms. The molecule has 0 bridgehead atoms. The molecule has 2 aromatic carbocycles. The van der Waals surface area contributed by atoms with Gasteiger partial charge in [-0.3, -0.25) is 4.79 Å². The molecule has 1 N–H and O–H groups in total. The third-order valence-corrected chi connectivity index (χ3v) is 3.32. The Kier molecular flexibility index (Phi) is 8.01. The Morgan fingerprint density at radius 1 is 1.18 bits per heavy atom. The SMILES string of the molecule is CCOc1ccc(/C=N\OCC(=O)Nc2ccc(OC(F)F)cc2)cc1OC. The molecule has 150 valence electrons. The average molecular weight is 394 g/mol. The Morgan fingerprint density at radius 2 is 1.93 bits per heavy atom. The molecular weight excluding hydrogens is 374 g/mol. The minimum absolute atomic E-state index is 0.000340. The Bertz CT molecular complexity index is 797. The van der Waals surface area contributed by atoms with Crippen molar-refractivity contribution in [2.24, 2.45) is 5.16 Å². The number of rotatable bonds is 10. The Labute approximate surface area is 160 Å². The van der Waals surface area contributed by atoms with Crippen LogP contribution in [-0.4, -0.2) is 39.1 Å². The summed E-state index contributed by atoms with van der Waals surface area (Å²) in [6, 6.07) is 10.7. The summed E-state index contributed by atoms with van der Waals surface area (Å²) < 4.78 is 39.1. The summed E-state index contributed by atoms with van der Waals surface area (Å²) in [5.74, 6) is 0.721. The summed E-state index contributed by atoms with van der Waals surface area (Å²) in [7, 11) is 1.53. The van der Waals surface area contributed by atoms with E-state index in [1.54, 1.807) is 18.2 Å². The van der Waals surface area contributed by atoms with E-state index in [-0.39, 0.29) is 12.4 Å². The quantitative estimate of drug-likeness (QED) is 0.491. The van der Waals surface area contributed by atoms with Crippen LogP contribution in [0.2, 0.25) is 0 Å². The van der Waals surface area contributed by atoms with E-state index >= 15 is 0 Å². The molecule has 0 spiro atoms. The molecule has 0 aromatic heterocycles. The zero-order chi connectivity index (χ0) is 20.4. The second-order valence-electron chi connectivity index (χ2n) is 5.30. The number of benzene rings is 2. The summed E-state index contributed by atoms with van der Waals surface area (Å²) in [4.78, 5) is 16.8. The molecule has 0 aliphatic carbocycles. The first-order valence-electron chi connectivity index (χ1n) is 8.32. The largest absolute Gasteiger partial charge is 0.493 e. The van der Waals surface area contributed by atoms with Crippen LogP contribution in [0.1, 0.15) is 12.5 Å². The number of hydrogen-bond donors (Lipinski definition) is 1. The standard InChI is InChI=1S/C19H20F2N2O5/c1-3-26-16-9-4-13(10-17(16)25-2)11-22-27-12-18(24)23-14-5-7-15(8-6-14)28-19(20)21/h4-11,19H,3,12H2,1-2H3,(H,23,24)/b22-11-. The van der Waals surface area contributed by atoms with E-state index in [1.165, 1.54) is 37.6 Å². The van der Waals surface area contributed by atoms with E-state index in [1.807, 2.05) is 6.92 Å². The zero-order valence-corrected chi connectivity index (χ0v) is 15.4. The van der Waals surface area contributed by atoms with E-state index in [0.29, 0.717) is 29.4 Å². The van der Waals surface area contributed by atoms with Crippen molar-refractivity contribution in [3.63, 3.8) is 0 Å². The van der Waals surface area contributed by atoms with E-state index in [4.69, 9.17) is 14.3 Å². The van der Waals surface area contributed by atoms with Crippen LogP contribution >= 0.6 is 0 Å². The highest BCUT2D eigenvalue weighted by atomic mass is 19.3. The molecule has 2 rings (SSSR count). The number of hydrogen-bond acceptors (Lipinski definition) is 6. The number of carbonyl (C=O) groups excluding carboxylic acids is 1. The van der Waals surface area contributed by atoms with Gasteiger partial charge in [-0.25, -0.2) is 0 Å². The minimum atomic E-state index is -2.90. The second-order valence-corrected chi connectivity index (χ2v) is 5.30. The molecule has 9 heteroatoms. The lowest BCUT2D eigenvalue weighted by Crippen LogP contribution is -2.16. The average Bonchev–Trinajstić information content (AvgIpc) is 2.67. The van der Waals surface area contributed by atoms with E-state index < -0.39 is 12.5 Å². The number of ether oxygens (including phenoxy) is 3. The van der Waals surface area contributed by atoms with Crippen molar-refractivity contribution >= 4 is 17.8 Å². The molecule has 0 unspecified atom stereocenters. The maximum atomic E-state index is 12.1. The first kappa shape index (κ1) is 20.9. The third-order valence-electron chi connectivity index (χ3n) is 3.32. The van der Waals surface area contributed by atoms with Crippen LogP contribution in [-0.2, 0) is 9.63 Å². The van der Waals surface area contributed by atoms with Gasteiger partial charge in [0.15, 0.2) is 18.1 Å². The Balaban J connectivity index is 1.81. The van der Waals surface area contributed by atoms with E-state index in [0.717, 1.165) is 0 Å². The summed E-state index contributed by atoms with van der Waals surface area (Å²) in [6.45, 7) is -0.828. The zero-order valence-electron chi connectivity index (χ0n) is 15.4. The monoisotopic (exact) mass is 394 g/mol. The molecule has 0 fully saturated rings.